The fraction of sp³-hybridized carbons (Fsp3) is 0.385. The first-order valence-electron chi connectivity index (χ1n) is 5.86. The fourth-order valence-corrected chi connectivity index (χ4v) is 1.88. The molecular formula is C13H16BrClN2O3. The van der Waals surface area contributed by atoms with Gasteiger partial charge in [-0.1, -0.05) is 38.8 Å². The second-order valence-electron chi connectivity index (χ2n) is 5.05. The van der Waals surface area contributed by atoms with Gasteiger partial charge in [-0.25, -0.2) is 4.79 Å². The van der Waals surface area contributed by atoms with E-state index in [2.05, 4.69) is 26.4 Å². The molecule has 1 rings (SSSR count). The Labute approximate surface area is 131 Å². The standard InChI is InChI=1S/C13H16BrClN2O3/c1-13(2,3)20-12(18)16-7-9-6-8(11(15)17-19)4-5-10(9)14/h4-6,19H,7H2,1-3H3,(H,16,18)/b17-11+. The van der Waals surface area contributed by atoms with Crippen LogP contribution in [0.3, 0.4) is 0 Å². The van der Waals surface area contributed by atoms with E-state index in [1.165, 1.54) is 0 Å². The van der Waals surface area contributed by atoms with Gasteiger partial charge in [0.2, 0.25) is 0 Å². The van der Waals surface area contributed by atoms with E-state index in [1.54, 1.807) is 39.0 Å². The summed E-state index contributed by atoms with van der Waals surface area (Å²) >= 11 is 9.11. The Morgan fingerprint density at radius 3 is 2.70 bits per heavy atom. The van der Waals surface area contributed by atoms with Gasteiger partial charge in [0.05, 0.1) is 0 Å². The van der Waals surface area contributed by atoms with Gasteiger partial charge in [0, 0.05) is 16.6 Å². The van der Waals surface area contributed by atoms with Gasteiger partial charge in [0.1, 0.15) is 5.60 Å². The number of hydrogen-bond acceptors (Lipinski definition) is 4. The molecule has 0 bridgehead atoms. The lowest BCUT2D eigenvalue weighted by Crippen LogP contribution is -2.32. The van der Waals surface area contributed by atoms with Gasteiger partial charge < -0.3 is 15.3 Å². The van der Waals surface area contributed by atoms with Crippen molar-refractivity contribution in [2.75, 3.05) is 0 Å². The van der Waals surface area contributed by atoms with Gasteiger partial charge >= 0.3 is 6.09 Å². The number of hydrogen-bond donors (Lipinski definition) is 2. The van der Waals surface area contributed by atoms with Gasteiger partial charge in [0.15, 0.2) is 5.17 Å². The summed E-state index contributed by atoms with van der Waals surface area (Å²) in [7, 11) is 0. The van der Waals surface area contributed by atoms with Crippen LogP contribution in [0.15, 0.2) is 27.8 Å². The molecule has 0 saturated carbocycles. The van der Waals surface area contributed by atoms with Crippen molar-refractivity contribution >= 4 is 38.8 Å². The second-order valence-corrected chi connectivity index (χ2v) is 6.26. The number of oxime groups is 1. The number of ether oxygens (including phenoxy) is 1. The topological polar surface area (TPSA) is 70.9 Å². The maximum atomic E-state index is 11.6. The molecule has 5 nitrogen and oxygen atoms in total. The van der Waals surface area contributed by atoms with Gasteiger partial charge in [-0.2, -0.15) is 0 Å². The molecule has 0 aliphatic heterocycles. The molecule has 0 unspecified atom stereocenters. The normalized spacial score (nSPS) is 12.2. The third kappa shape index (κ3) is 5.38. The van der Waals surface area contributed by atoms with Crippen LogP contribution in [-0.4, -0.2) is 22.1 Å². The maximum Gasteiger partial charge on any atom is 0.407 e. The van der Waals surface area contributed by atoms with Crippen molar-refractivity contribution in [3.63, 3.8) is 0 Å². The zero-order valence-electron chi connectivity index (χ0n) is 11.4. The van der Waals surface area contributed by atoms with E-state index in [9.17, 15) is 4.79 Å². The molecule has 0 aliphatic rings. The fourth-order valence-electron chi connectivity index (χ4n) is 1.38. The van der Waals surface area contributed by atoms with Crippen LogP contribution >= 0.6 is 27.5 Å². The first kappa shape index (κ1) is 16.8. The van der Waals surface area contributed by atoms with Gasteiger partial charge in [-0.05, 0) is 38.5 Å². The summed E-state index contributed by atoms with van der Waals surface area (Å²) in [6.07, 6.45) is -0.503. The minimum absolute atomic E-state index is 0.0176. The Kier molecular flexibility index (Phi) is 5.83. The van der Waals surface area contributed by atoms with Crippen LogP contribution in [0, 0.1) is 0 Å². The molecule has 7 heteroatoms. The molecule has 0 spiro atoms. The van der Waals surface area contributed by atoms with E-state index in [4.69, 9.17) is 21.5 Å². The van der Waals surface area contributed by atoms with Crippen molar-refractivity contribution in [3.8, 4) is 0 Å². The minimum Gasteiger partial charge on any atom is -0.444 e. The smallest absolute Gasteiger partial charge is 0.407 e. The van der Waals surface area contributed by atoms with Gasteiger partial charge in [-0.3, -0.25) is 0 Å². The van der Waals surface area contributed by atoms with Crippen molar-refractivity contribution < 1.29 is 14.7 Å². The molecule has 0 aliphatic carbocycles. The molecule has 20 heavy (non-hydrogen) atoms. The highest BCUT2D eigenvalue weighted by Crippen LogP contribution is 2.20. The predicted molar refractivity (Wildman–Crippen MR) is 81.4 cm³/mol. The average Bonchev–Trinajstić information content (AvgIpc) is 2.34. The van der Waals surface area contributed by atoms with E-state index in [0.29, 0.717) is 5.56 Å². The number of alkyl carbamates (subject to hydrolysis) is 1. The van der Waals surface area contributed by atoms with Crippen LogP contribution in [-0.2, 0) is 11.3 Å². The van der Waals surface area contributed by atoms with Crippen LogP contribution in [0.4, 0.5) is 4.79 Å². The van der Waals surface area contributed by atoms with Gasteiger partial charge in [-0.15, -0.1) is 0 Å². The molecule has 2 N–H and O–H groups in total. The average molecular weight is 364 g/mol. The van der Waals surface area contributed by atoms with Crippen molar-refractivity contribution in [3.05, 3.63) is 33.8 Å². The van der Waals surface area contributed by atoms with Crippen molar-refractivity contribution in [1.29, 1.82) is 0 Å². The molecule has 0 aromatic heterocycles. The second kappa shape index (κ2) is 6.95. The lowest BCUT2D eigenvalue weighted by Gasteiger charge is -2.19. The molecule has 0 saturated heterocycles. The molecule has 0 heterocycles. The lowest BCUT2D eigenvalue weighted by molar-refractivity contribution is 0.0523. The Morgan fingerprint density at radius 2 is 2.15 bits per heavy atom. The molecular weight excluding hydrogens is 348 g/mol. The summed E-state index contributed by atoms with van der Waals surface area (Å²) in [5.74, 6) is 0. The third-order valence-corrected chi connectivity index (χ3v) is 3.26. The lowest BCUT2D eigenvalue weighted by atomic mass is 10.1. The van der Waals surface area contributed by atoms with E-state index >= 15 is 0 Å². The molecule has 110 valence electrons. The molecule has 0 radical (unpaired) electrons. The van der Waals surface area contributed by atoms with Crippen LogP contribution in [0.5, 0.6) is 0 Å². The highest BCUT2D eigenvalue weighted by atomic mass is 79.9. The van der Waals surface area contributed by atoms with Gasteiger partial charge in [0.25, 0.3) is 0 Å². The molecule has 1 aromatic carbocycles. The molecule has 0 atom stereocenters. The zero-order chi connectivity index (χ0) is 15.3. The van der Waals surface area contributed by atoms with Crippen LogP contribution in [0.2, 0.25) is 0 Å². The summed E-state index contributed by atoms with van der Waals surface area (Å²) in [4.78, 5) is 11.6. The number of rotatable bonds is 3. The first-order chi connectivity index (χ1) is 9.23. The Hall–Kier alpha value is -1.27. The molecule has 1 aromatic rings. The van der Waals surface area contributed by atoms with E-state index < -0.39 is 11.7 Å². The Morgan fingerprint density at radius 1 is 1.50 bits per heavy atom. The predicted octanol–water partition coefficient (Wildman–Crippen LogP) is 3.85. The van der Waals surface area contributed by atoms with Crippen LogP contribution in [0.1, 0.15) is 31.9 Å². The minimum atomic E-state index is -0.546. The van der Waals surface area contributed by atoms with E-state index in [1.807, 2.05) is 0 Å². The van der Waals surface area contributed by atoms with Crippen molar-refractivity contribution in [1.82, 2.24) is 5.32 Å². The highest BCUT2D eigenvalue weighted by molar-refractivity contribution is 9.10. The third-order valence-electron chi connectivity index (χ3n) is 2.19. The van der Waals surface area contributed by atoms with E-state index in [0.717, 1.165) is 10.0 Å². The number of benzene rings is 1. The molecule has 1 amide bonds. The first-order valence-corrected chi connectivity index (χ1v) is 7.03. The summed E-state index contributed by atoms with van der Waals surface area (Å²) in [5, 5.41) is 14.2. The van der Waals surface area contributed by atoms with Crippen molar-refractivity contribution in [2.24, 2.45) is 5.16 Å². The number of nitrogens with zero attached hydrogens (tertiary/aromatic N) is 1. The summed E-state index contributed by atoms with van der Waals surface area (Å²) in [6.45, 7) is 5.64. The summed E-state index contributed by atoms with van der Waals surface area (Å²) < 4.78 is 5.95. The number of amides is 1. The number of carbonyl (C=O) groups excluding carboxylic acids is 1. The highest BCUT2D eigenvalue weighted by Gasteiger charge is 2.16. The quantitative estimate of drug-likeness (QED) is 0.487. The summed E-state index contributed by atoms with van der Waals surface area (Å²) in [5.41, 5.74) is 0.796. The SMILES string of the molecule is CC(C)(C)OC(=O)NCc1cc(/C(Cl)=N\O)ccc1Br. The molecule has 0 fully saturated rings. The van der Waals surface area contributed by atoms with Crippen molar-refractivity contribution in [2.45, 2.75) is 32.9 Å². The summed E-state index contributed by atoms with van der Waals surface area (Å²) in [6, 6.07) is 5.17. The monoisotopic (exact) mass is 362 g/mol. The van der Waals surface area contributed by atoms with Crippen LogP contribution < -0.4 is 5.32 Å². The number of halogens is 2. The zero-order valence-corrected chi connectivity index (χ0v) is 13.7. The number of carbonyl (C=O) groups is 1. The van der Waals surface area contributed by atoms with Crippen LogP contribution in [0.25, 0.3) is 0 Å². The Bertz CT molecular complexity index is 527. The largest absolute Gasteiger partial charge is 0.444 e. The maximum absolute atomic E-state index is 11.6. The number of nitrogens with one attached hydrogen (secondary N) is 1. The van der Waals surface area contributed by atoms with E-state index in [-0.39, 0.29) is 11.7 Å². The Balaban J connectivity index is 2.75.